The summed E-state index contributed by atoms with van der Waals surface area (Å²) in [5.41, 5.74) is -0.441. The first-order valence-electron chi connectivity index (χ1n) is 9.58. The quantitative estimate of drug-likeness (QED) is 0.551. The Hall–Kier alpha value is -2.54. The molecule has 1 aliphatic heterocycles. The van der Waals surface area contributed by atoms with E-state index in [0.29, 0.717) is 30.5 Å². The van der Waals surface area contributed by atoms with E-state index in [1.54, 1.807) is 28.9 Å². The van der Waals surface area contributed by atoms with Crippen LogP contribution in [0.1, 0.15) is 11.4 Å². The second-order valence-corrected chi connectivity index (χ2v) is 9.50. The molecular weight excluding hydrogens is 469 g/mol. The molecule has 2 heterocycles. The zero-order chi connectivity index (χ0) is 22.9. The highest BCUT2D eigenvalue weighted by Gasteiger charge is 2.39. The van der Waals surface area contributed by atoms with Crippen LogP contribution in [-0.4, -0.2) is 64.0 Å². The van der Waals surface area contributed by atoms with Crippen LogP contribution in [0.2, 0.25) is 5.02 Å². The van der Waals surface area contributed by atoms with Gasteiger partial charge in [-0.2, -0.15) is 22.2 Å². The van der Waals surface area contributed by atoms with Crippen LogP contribution in [0.3, 0.4) is 0 Å². The van der Waals surface area contributed by atoms with E-state index in [4.69, 9.17) is 11.6 Å². The minimum atomic E-state index is -4.76. The standard InChI is InChI=1S/C19H18ClF3N6O2S/c20-14-5-7-15(8-6-14)29-18(24-25-26-29)13-27-9-11-28(12-10-27)32(30,31)17-4-2-1-3-16(17)19(21,22)23/h1-8H,9-13H2. The van der Waals surface area contributed by atoms with Gasteiger partial charge in [-0.05, 0) is 46.8 Å². The van der Waals surface area contributed by atoms with Gasteiger partial charge in [-0.3, -0.25) is 4.90 Å². The van der Waals surface area contributed by atoms with Crippen molar-refractivity contribution in [3.63, 3.8) is 0 Å². The number of piperazine rings is 1. The van der Waals surface area contributed by atoms with Crippen LogP contribution in [0, 0.1) is 0 Å². The Morgan fingerprint density at radius 3 is 2.28 bits per heavy atom. The number of benzene rings is 2. The van der Waals surface area contributed by atoms with Crippen molar-refractivity contribution in [2.75, 3.05) is 26.2 Å². The smallest absolute Gasteiger partial charge is 0.293 e. The van der Waals surface area contributed by atoms with E-state index in [1.807, 2.05) is 4.90 Å². The predicted molar refractivity (Wildman–Crippen MR) is 110 cm³/mol. The van der Waals surface area contributed by atoms with E-state index in [0.717, 1.165) is 22.1 Å². The van der Waals surface area contributed by atoms with Crippen LogP contribution in [-0.2, 0) is 22.7 Å². The molecule has 1 aromatic heterocycles. The monoisotopic (exact) mass is 486 g/mol. The van der Waals surface area contributed by atoms with Crippen molar-refractivity contribution in [2.24, 2.45) is 0 Å². The number of halogens is 4. The number of alkyl halides is 3. The maximum atomic E-state index is 13.3. The summed E-state index contributed by atoms with van der Waals surface area (Å²) in [7, 11) is -4.29. The summed E-state index contributed by atoms with van der Waals surface area (Å²) in [5, 5.41) is 12.3. The lowest BCUT2D eigenvalue weighted by Crippen LogP contribution is -2.48. The SMILES string of the molecule is O=S(=O)(c1ccccc1C(F)(F)F)N1CCN(Cc2nnnn2-c2ccc(Cl)cc2)CC1. The molecule has 8 nitrogen and oxygen atoms in total. The fraction of sp³-hybridized carbons (Fsp3) is 0.316. The molecular formula is C19H18ClF3N6O2S. The van der Waals surface area contributed by atoms with E-state index >= 15 is 0 Å². The summed E-state index contributed by atoms with van der Waals surface area (Å²) in [6.45, 7) is 1.10. The first-order chi connectivity index (χ1) is 15.2. The van der Waals surface area contributed by atoms with Gasteiger partial charge in [-0.15, -0.1) is 5.10 Å². The lowest BCUT2D eigenvalue weighted by atomic mass is 10.2. The average molecular weight is 487 g/mol. The highest BCUT2D eigenvalue weighted by molar-refractivity contribution is 7.89. The minimum Gasteiger partial charge on any atom is -0.293 e. The van der Waals surface area contributed by atoms with Gasteiger partial charge in [0.15, 0.2) is 5.82 Å². The topological polar surface area (TPSA) is 84.2 Å². The molecule has 0 amide bonds. The molecule has 4 rings (SSSR count). The van der Waals surface area contributed by atoms with Gasteiger partial charge < -0.3 is 0 Å². The molecule has 170 valence electrons. The van der Waals surface area contributed by atoms with Crippen molar-refractivity contribution < 1.29 is 21.6 Å². The molecule has 0 aliphatic carbocycles. The van der Waals surface area contributed by atoms with Gasteiger partial charge in [0.2, 0.25) is 10.0 Å². The highest BCUT2D eigenvalue weighted by Crippen LogP contribution is 2.35. The van der Waals surface area contributed by atoms with Crippen LogP contribution in [0.4, 0.5) is 13.2 Å². The van der Waals surface area contributed by atoms with Gasteiger partial charge in [0.1, 0.15) is 0 Å². The Morgan fingerprint density at radius 2 is 1.62 bits per heavy atom. The van der Waals surface area contributed by atoms with E-state index in [1.165, 1.54) is 12.1 Å². The van der Waals surface area contributed by atoms with Gasteiger partial charge in [-0.1, -0.05) is 23.7 Å². The Labute approximate surface area is 187 Å². The zero-order valence-electron chi connectivity index (χ0n) is 16.6. The number of aromatic nitrogens is 4. The van der Waals surface area contributed by atoms with Crippen LogP contribution in [0.15, 0.2) is 53.4 Å². The fourth-order valence-electron chi connectivity index (χ4n) is 3.48. The summed E-state index contributed by atoms with van der Waals surface area (Å²) in [5.74, 6) is 0.547. The summed E-state index contributed by atoms with van der Waals surface area (Å²) < 4.78 is 68.3. The number of nitrogens with zero attached hydrogens (tertiary/aromatic N) is 6. The minimum absolute atomic E-state index is 0.0526. The molecule has 0 spiro atoms. The number of sulfonamides is 1. The summed E-state index contributed by atoms with van der Waals surface area (Å²) >= 11 is 5.91. The predicted octanol–water partition coefficient (Wildman–Crippen LogP) is 2.84. The third-order valence-corrected chi connectivity index (χ3v) is 7.32. The normalized spacial score (nSPS) is 16.4. The lowest BCUT2D eigenvalue weighted by molar-refractivity contribution is -0.139. The summed E-state index contributed by atoms with van der Waals surface area (Å²) in [6.07, 6.45) is -4.76. The van der Waals surface area contributed by atoms with Gasteiger partial charge in [0.25, 0.3) is 0 Å². The molecule has 32 heavy (non-hydrogen) atoms. The Kier molecular flexibility index (Phi) is 6.21. The second-order valence-electron chi connectivity index (χ2n) is 7.16. The van der Waals surface area contributed by atoms with Crippen LogP contribution in [0.5, 0.6) is 0 Å². The van der Waals surface area contributed by atoms with E-state index in [2.05, 4.69) is 15.5 Å². The molecule has 0 N–H and O–H groups in total. The summed E-state index contributed by atoms with van der Waals surface area (Å²) in [4.78, 5) is 1.22. The first kappa shape index (κ1) is 22.6. The average Bonchev–Trinajstić information content (AvgIpc) is 3.22. The van der Waals surface area contributed by atoms with Crippen LogP contribution in [0.25, 0.3) is 5.69 Å². The Morgan fingerprint density at radius 1 is 0.969 bits per heavy atom. The maximum absolute atomic E-state index is 13.3. The molecule has 0 unspecified atom stereocenters. The highest BCUT2D eigenvalue weighted by atomic mass is 35.5. The van der Waals surface area contributed by atoms with Gasteiger partial charge in [-0.25, -0.2) is 8.42 Å². The van der Waals surface area contributed by atoms with Crippen molar-refractivity contribution in [1.82, 2.24) is 29.4 Å². The number of tetrazole rings is 1. The van der Waals surface area contributed by atoms with Gasteiger partial charge >= 0.3 is 6.18 Å². The number of hydrogen-bond donors (Lipinski definition) is 0. The zero-order valence-corrected chi connectivity index (χ0v) is 18.1. The van der Waals surface area contributed by atoms with Crippen molar-refractivity contribution >= 4 is 21.6 Å². The molecule has 1 saturated heterocycles. The van der Waals surface area contributed by atoms with Crippen LogP contribution < -0.4 is 0 Å². The van der Waals surface area contributed by atoms with Crippen molar-refractivity contribution in [2.45, 2.75) is 17.6 Å². The van der Waals surface area contributed by atoms with E-state index in [-0.39, 0.29) is 13.1 Å². The maximum Gasteiger partial charge on any atom is 0.417 e. The Bertz CT molecular complexity index is 1190. The van der Waals surface area contributed by atoms with Gasteiger partial charge in [0, 0.05) is 31.2 Å². The van der Waals surface area contributed by atoms with E-state index < -0.39 is 26.7 Å². The van der Waals surface area contributed by atoms with Gasteiger partial charge in [0.05, 0.1) is 22.7 Å². The van der Waals surface area contributed by atoms with E-state index in [9.17, 15) is 21.6 Å². The van der Waals surface area contributed by atoms with Crippen LogP contribution >= 0.6 is 11.6 Å². The van der Waals surface area contributed by atoms with Crippen molar-refractivity contribution in [3.8, 4) is 5.69 Å². The molecule has 0 atom stereocenters. The van der Waals surface area contributed by atoms with Crippen molar-refractivity contribution in [1.29, 1.82) is 0 Å². The molecule has 2 aromatic carbocycles. The lowest BCUT2D eigenvalue weighted by Gasteiger charge is -2.34. The fourth-order valence-corrected chi connectivity index (χ4v) is 5.24. The molecule has 0 radical (unpaired) electrons. The molecule has 0 bridgehead atoms. The second kappa shape index (κ2) is 8.77. The molecule has 13 heteroatoms. The first-order valence-corrected chi connectivity index (χ1v) is 11.4. The molecule has 0 saturated carbocycles. The largest absolute Gasteiger partial charge is 0.417 e. The summed E-state index contributed by atoms with van der Waals surface area (Å²) in [6, 6.07) is 11.2. The molecule has 1 aliphatic rings. The third kappa shape index (κ3) is 4.63. The Balaban J connectivity index is 1.46. The number of rotatable bonds is 5. The molecule has 1 fully saturated rings. The van der Waals surface area contributed by atoms with Crippen molar-refractivity contribution in [3.05, 3.63) is 64.9 Å². The number of hydrogen-bond acceptors (Lipinski definition) is 6. The third-order valence-electron chi connectivity index (χ3n) is 5.11. The molecule has 3 aromatic rings.